The van der Waals surface area contributed by atoms with Gasteiger partial charge in [-0.3, -0.25) is 4.90 Å². The van der Waals surface area contributed by atoms with Crippen LogP contribution in [0.4, 0.5) is 11.6 Å². The molecule has 19 heavy (non-hydrogen) atoms. The number of nitrogens with zero attached hydrogens (tertiary/aromatic N) is 4. The van der Waals surface area contributed by atoms with Crippen LogP contribution in [0.2, 0.25) is 0 Å². The maximum absolute atomic E-state index is 5.47. The van der Waals surface area contributed by atoms with Gasteiger partial charge in [0.2, 0.25) is 0 Å². The molecular formula is C12H19BrN6. The van der Waals surface area contributed by atoms with Gasteiger partial charge in [-0.1, -0.05) is 0 Å². The number of nitrogen functional groups attached to an aromatic ring is 1. The number of halogens is 1. The van der Waals surface area contributed by atoms with E-state index < -0.39 is 0 Å². The lowest BCUT2D eigenvalue weighted by Gasteiger charge is -2.27. The summed E-state index contributed by atoms with van der Waals surface area (Å²) in [5, 5.41) is 0. The molecule has 0 spiro atoms. The second-order valence-corrected chi connectivity index (χ2v) is 5.93. The van der Waals surface area contributed by atoms with Gasteiger partial charge in [0.25, 0.3) is 0 Å². The monoisotopic (exact) mass is 326 g/mol. The van der Waals surface area contributed by atoms with Gasteiger partial charge in [-0.15, -0.1) is 0 Å². The van der Waals surface area contributed by atoms with E-state index in [4.69, 9.17) is 5.84 Å². The average Bonchev–Trinajstić information content (AvgIpc) is 2.77. The Morgan fingerprint density at radius 2 is 2.11 bits per heavy atom. The summed E-state index contributed by atoms with van der Waals surface area (Å²) in [5.74, 6) is 7.05. The first-order valence-corrected chi connectivity index (χ1v) is 7.55. The van der Waals surface area contributed by atoms with Gasteiger partial charge >= 0.3 is 0 Å². The fourth-order valence-electron chi connectivity index (χ4n) is 3.08. The molecule has 2 fully saturated rings. The smallest absolute Gasteiger partial charge is 0.159 e. The number of hydrogen-bond donors (Lipinski definition) is 2. The molecule has 0 aromatic carbocycles. The normalized spacial score (nSPS) is 24.1. The third kappa shape index (κ3) is 2.54. The van der Waals surface area contributed by atoms with E-state index in [1.54, 1.807) is 6.33 Å². The Labute approximate surface area is 121 Å². The molecule has 2 aliphatic rings. The van der Waals surface area contributed by atoms with Crippen LogP contribution in [-0.4, -0.2) is 47.1 Å². The molecule has 1 aromatic rings. The van der Waals surface area contributed by atoms with E-state index in [1.165, 1.54) is 32.4 Å². The topological polar surface area (TPSA) is 70.3 Å². The van der Waals surface area contributed by atoms with Gasteiger partial charge in [0.15, 0.2) is 5.82 Å². The number of nitrogens with one attached hydrogen (secondary N) is 1. The van der Waals surface area contributed by atoms with E-state index in [1.807, 2.05) is 0 Å². The SMILES string of the molecule is NNc1ncnc(N2CCCN3CCCC3C2)c1Br. The molecule has 1 atom stereocenters. The first-order chi connectivity index (χ1) is 9.29. The Morgan fingerprint density at radius 3 is 2.95 bits per heavy atom. The van der Waals surface area contributed by atoms with Crippen molar-refractivity contribution in [2.45, 2.75) is 25.3 Å². The molecule has 3 rings (SSSR count). The first-order valence-electron chi connectivity index (χ1n) is 6.75. The van der Waals surface area contributed by atoms with E-state index in [0.29, 0.717) is 11.9 Å². The summed E-state index contributed by atoms with van der Waals surface area (Å²) in [6.45, 7) is 4.52. The molecular weight excluding hydrogens is 308 g/mol. The van der Waals surface area contributed by atoms with E-state index in [-0.39, 0.29) is 0 Å². The van der Waals surface area contributed by atoms with Crippen molar-refractivity contribution in [2.24, 2.45) is 5.84 Å². The first kappa shape index (κ1) is 13.1. The molecule has 3 N–H and O–H groups in total. The zero-order valence-corrected chi connectivity index (χ0v) is 12.4. The van der Waals surface area contributed by atoms with E-state index in [0.717, 1.165) is 23.4 Å². The number of anilines is 2. The molecule has 0 saturated carbocycles. The fourth-order valence-corrected chi connectivity index (χ4v) is 3.65. The van der Waals surface area contributed by atoms with Crippen LogP contribution in [0.5, 0.6) is 0 Å². The highest BCUT2D eigenvalue weighted by molar-refractivity contribution is 9.10. The minimum Gasteiger partial charge on any atom is -0.354 e. The second kappa shape index (κ2) is 5.60. The zero-order valence-electron chi connectivity index (χ0n) is 10.8. The third-order valence-corrected chi connectivity index (χ3v) is 4.74. The summed E-state index contributed by atoms with van der Waals surface area (Å²) in [6.07, 6.45) is 5.35. The van der Waals surface area contributed by atoms with Crippen molar-refractivity contribution in [3.05, 3.63) is 10.8 Å². The standard InChI is InChI=1S/C12H19BrN6/c13-10-11(17-14)15-8-16-12(10)19-6-2-5-18-4-1-3-9(18)7-19/h8-9H,1-7,14H2,(H,15,16,17). The van der Waals surface area contributed by atoms with Crippen LogP contribution in [-0.2, 0) is 0 Å². The van der Waals surface area contributed by atoms with Crippen LogP contribution in [0, 0.1) is 0 Å². The fraction of sp³-hybridized carbons (Fsp3) is 0.667. The highest BCUT2D eigenvalue weighted by Gasteiger charge is 2.30. The quantitative estimate of drug-likeness (QED) is 0.628. The number of hydrogen-bond acceptors (Lipinski definition) is 6. The summed E-state index contributed by atoms with van der Waals surface area (Å²) in [7, 11) is 0. The maximum Gasteiger partial charge on any atom is 0.159 e. The summed E-state index contributed by atoms with van der Waals surface area (Å²) in [6, 6.07) is 0.665. The van der Waals surface area contributed by atoms with Crippen LogP contribution in [0.1, 0.15) is 19.3 Å². The molecule has 0 radical (unpaired) electrons. The Balaban J connectivity index is 1.85. The van der Waals surface area contributed by atoms with Gasteiger partial charge in [-0.05, 0) is 41.7 Å². The number of rotatable bonds is 2. The Bertz CT molecular complexity index is 454. The van der Waals surface area contributed by atoms with Gasteiger partial charge in [0.05, 0.1) is 0 Å². The predicted octanol–water partition coefficient (Wildman–Crippen LogP) is 1.20. The molecule has 1 unspecified atom stereocenters. The van der Waals surface area contributed by atoms with E-state index in [9.17, 15) is 0 Å². The van der Waals surface area contributed by atoms with E-state index in [2.05, 4.69) is 41.1 Å². The van der Waals surface area contributed by atoms with Gasteiger partial charge in [0, 0.05) is 25.7 Å². The van der Waals surface area contributed by atoms with Crippen LogP contribution < -0.4 is 16.2 Å². The molecule has 104 valence electrons. The Kier molecular flexibility index (Phi) is 3.86. The minimum absolute atomic E-state index is 0.637. The van der Waals surface area contributed by atoms with Crippen molar-refractivity contribution in [3.8, 4) is 0 Å². The van der Waals surface area contributed by atoms with Gasteiger partial charge in [-0.25, -0.2) is 15.8 Å². The molecule has 3 heterocycles. The number of aromatic nitrogens is 2. The molecule has 2 saturated heterocycles. The molecule has 6 nitrogen and oxygen atoms in total. The van der Waals surface area contributed by atoms with Gasteiger partial charge < -0.3 is 10.3 Å². The molecule has 0 bridgehead atoms. The molecule has 7 heteroatoms. The van der Waals surface area contributed by atoms with Crippen molar-refractivity contribution < 1.29 is 0 Å². The lowest BCUT2D eigenvalue weighted by atomic mass is 10.2. The number of fused-ring (bicyclic) bond motifs is 1. The molecule has 0 aliphatic carbocycles. The molecule has 0 amide bonds. The largest absolute Gasteiger partial charge is 0.354 e. The van der Waals surface area contributed by atoms with Gasteiger partial charge in [-0.2, -0.15) is 0 Å². The lowest BCUT2D eigenvalue weighted by Crippen LogP contribution is -2.37. The summed E-state index contributed by atoms with van der Waals surface area (Å²) in [5.41, 5.74) is 2.60. The average molecular weight is 327 g/mol. The Hall–Kier alpha value is -0.920. The van der Waals surface area contributed by atoms with Crippen LogP contribution in [0.3, 0.4) is 0 Å². The van der Waals surface area contributed by atoms with Crippen molar-refractivity contribution >= 4 is 27.6 Å². The highest BCUT2D eigenvalue weighted by Crippen LogP contribution is 2.31. The van der Waals surface area contributed by atoms with Crippen molar-refractivity contribution in [3.63, 3.8) is 0 Å². The predicted molar refractivity (Wildman–Crippen MR) is 79.0 cm³/mol. The van der Waals surface area contributed by atoms with Crippen molar-refractivity contribution in [1.82, 2.24) is 14.9 Å². The minimum atomic E-state index is 0.637. The maximum atomic E-state index is 5.47. The van der Waals surface area contributed by atoms with Crippen LogP contribution in [0.25, 0.3) is 0 Å². The second-order valence-electron chi connectivity index (χ2n) is 5.14. The zero-order chi connectivity index (χ0) is 13.2. The summed E-state index contributed by atoms with van der Waals surface area (Å²) >= 11 is 3.55. The third-order valence-electron chi connectivity index (χ3n) is 4.01. The number of nitrogens with two attached hydrogens (primary N) is 1. The molecule has 1 aromatic heterocycles. The van der Waals surface area contributed by atoms with Crippen molar-refractivity contribution in [1.29, 1.82) is 0 Å². The highest BCUT2D eigenvalue weighted by atomic mass is 79.9. The number of hydrazine groups is 1. The summed E-state index contributed by atoms with van der Waals surface area (Å²) < 4.78 is 0.851. The van der Waals surface area contributed by atoms with E-state index >= 15 is 0 Å². The van der Waals surface area contributed by atoms with Gasteiger partial charge in [0.1, 0.15) is 16.6 Å². The van der Waals surface area contributed by atoms with Crippen LogP contribution in [0.15, 0.2) is 10.8 Å². The summed E-state index contributed by atoms with van der Waals surface area (Å²) in [4.78, 5) is 13.5. The Morgan fingerprint density at radius 1 is 1.26 bits per heavy atom. The van der Waals surface area contributed by atoms with Crippen molar-refractivity contribution in [2.75, 3.05) is 36.5 Å². The lowest BCUT2D eigenvalue weighted by molar-refractivity contribution is 0.273. The molecule has 2 aliphatic heterocycles. The van der Waals surface area contributed by atoms with Crippen LogP contribution >= 0.6 is 15.9 Å².